The molecule has 0 unspecified atom stereocenters. The molecule has 1 amide bonds. The van der Waals surface area contributed by atoms with Crippen molar-refractivity contribution in [3.05, 3.63) is 71.3 Å². The van der Waals surface area contributed by atoms with Gasteiger partial charge in [0.15, 0.2) is 0 Å². The summed E-state index contributed by atoms with van der Waals surface area (Å²) in [4.78, 5) is 19.0. The van der Waals surface area contributed by atoms with Crippen molar-refractivity contribution in [3.8, 4) is 11.4 Å². The molecule has 0 atom stereocenters. The summed E-state index contributed by atoms with van der Waals surface area (Å²) in [5.41, 5.74) is 4.22. The number of hydrogen-bond acceptors (Lipinski definition) is 4. The molecular formula is C20H22N4O2. The lowest BCUT2D eigenvalue weighted by Crippen LogP contribution is -2.27. The van der Waals surface area contributed by atoms with Crippen LogP contribution < -0.4 is 4.74 Å². The molecule has 134 valence electrons. The first-order valence-electron chi connectivity index (χ1n) is 8.36. The monoisotopic (exact) mass is 350 g/mol. The Balaban J connectivity index is 1.82. The summed E-state index contributed by atoms with van der Waals surface area (Å²) in [6.45, 7) is 4.33. The first-order valence-corrected chi connectivity index (χ1v) is 8.36. The molecule has 3 rings (SSSR count). The maximum Gasteiger partial charge on any atom is 0.254 e. The van der Waals surface area contributed by atoms with Gasteiger partial charge < -0.3 is 9.64 Å². The molecule has 0 aliphatic rings. The summed E-state index contributed by atoms with van der Waals surface area (Å²) in [6, 6.07) is 9.26. The predicted molar refractivity (Wildman–Crippen MR) is 99.6 cm³/mol. The molecule has 0 N–H and O–H groups in total. The fraction of sp³-hybridized carbons (Fsp3) is 0.250. The van der Waals surface area contributed by atoms with E-state index >= 15 is 0 Å². The van der Waals surface area contributed by atoms with Gasteiger partial charge >= 0.3 is 0 Å². The SMILES string of the molecule is COc1c(C)cnc(CN(C)C(=O)c2cccc(-n3cccn3)c2)c1C. The second-order valence-corrected chi connectivity index (χ2v) is 6.21. The minimum atomic E-state index is -0.0697. The number of carbonyl (C=O) groups is 1. The Labute approximate surface area is 153 Å². The lowest BCUT2D eigenvalue weighted by Gasteiger charge is -2.20. The fourth-order valence-electron chi connectivity index (χ4n) is 2.95. The molecule has 0 saturated carbocycles. The highest BCUT2D eigenvalue weighted by Crippen LogP contribution is 2.25. The van der Waals surface area contributed by atoms with Crippen molar-refractivity contribution in [1.29, 1.82) is 0 Å². The van der Waals surface area contributed by atoms with Gasteiger partial charge in [0.1, 0.15) is 5.75 Å². The molecule has 0 radical (unpaired) electrons. The number of ether oxygens (including phenoxy) is 1. The number of aryl methyl sites for hydroxylation is 1. The average molecular weight is 350 g/mol. The molecule has 26 heavy (non-hydrogen) atoms. The standard InChI is InChI=1S/C20H22N4O2/c1-14-12-21-18(15(2)19(14)26-4)13-23(3)20(25)16-7-5-8-17(11-16)24-10-6-9-22-24/h5-12H,13H2,1-4H3. The normalized spacial score (nSPS) is 10.6. The Hall–Kier alpha value is -3.15. The third-order valence-electron chi connectivity index (χ3n) is 4.35. The van der Waals surface area contributed by atoms with E-state index in [1.807, 2.05) is 50.4 Å². The zero-order valence-electron chi connectivity index (χ0n) is 15.4. The van der Waals surface area contributed by atoms with Crippen molar-refractivity contribution in [3.63, 3.8) is 0 Å². The smallest absolute Gasteiger partial charge is 0.254 e. The number of rotatable bonds is 5. The largest absolute Gasteiger partial charge is 0.496 e. The van der Waals surface area contributed by atoms with Gasteiger partial charge in [-0.2, -0.15) is 5.10 Å². The van der Waals surface area contributed by atoms with Crippen molar-refractivity contribution < 1.29 is 9.53 Å². The van der Waals surface area contributed by atoms with Gasteiger partial charge in [-0.25, -0.2) is 4.68 Å². The molecule has 0 fully saturated rings. The van der Waals surface area contributed by atoms with Gasteiger partial charge in [-0.3, -0.25) is 9.78 Å². The number of amides is 1. The summed E-state index contributed by atoms with van der Waals surface area (Å²) in [6.07, 6.45) is 5.33. The summed E-state index contributed by atoms with van der Waals surface area (Å²) >= 11 is 0. The number of carbonyl (C=O) groups excluding carboxylic acids is 1. The van der Waals surface area contributed by atoms with E-state index in [-0.39, 0.29) is 5.91 Å². The highest BCUT2D eigenvalue weighted by molar-refractivity contribution is 5.94. The van der Waals surface area contributed by atoms with Gasteiger partial charge in [0.05, 0.1) is 25.0 Å². The molecular weight excluding hydrogens is 328 g/mol. The Morgan fingerprint density at radius 2 is 2.08 bits per heavy atom. The molecule has 2 aromatic heterocycles. The molecule has 6 nitrogen and oxygen atoms in total. The average Bonchev–Trinajstić information content (AvgIpc) is 3.19. The van der Waals surface area contributed by atoms with E-state index in [9.17, 15) is 4.79 Å². The Morgan fingerprint density at radius 1 is 1.27 bits per heavy atom. The summed E-state index contributed by atoms with van der Waals surface area (Å²) in [5.74, 6) is 0.747. The number of nitrogens with zero attached hydrogens (tertiary/aromatic N) is 4. The first kappa shape index (κ1) is 17.7. The second kappa shape index (κ2) is 7.39. The number of benzene rings is 1. The zero-order chi connectivity index (χ0) is 18.7. The lowest BCUT2D eigenvalue weighted by atomic mass is 10.1. The molecule has 6 heteroatoms. The highest BCUT2D eigenvalue weighted by atomic mass is 16.5. The third kappa shape index (κ3) is 3.44. The number of hydrogen-bond donors (Lipinski definition) is 0. The lowest BCUT2D eigenvalue weighted by molar-refractivity contribution is 0.0783. The van der Waals surface area contributed by atoms with Gasteiger partial charge in [-0.05, 0) is 38.1 Å². The molecule has 2 heterocycles. The number of aromatic nitrogens is 3. The molecule has 0 saturated heterocycles. The van der Waals surface area contributed by atoms with Crippen LogP contribution in [0.15, 0.2) is 48.9 Å². The highest BCUT2D eigenvalue weighted by Gasteiger charge is 2.16. The quantitative estimate of drug-likeness (QED) is 0.709. The molecule has 0 aliphatic carbocycles. The van der Waals surface area contributed by atoms with E-state index in [2.05, 4.69) is 10.1 Å². The predicted octanol–water partition coefficient (Wildman–Crippen LogP) is 3.16. The summed E-state index contributed by atoms with van der Waals surface area (Å²) in [7, 11) is 3.42. The van der Waals surface area contributed by atoms with Gasteiger partial charge in [0.2, 0.25) is 0 Å². The van der Waals surface area contributed by atoms with Crippen molar-refractivity contribution in [1.82, 2.24) is 19.7 Å². The number of pyridine rings is 1. The topological polar surface area (TPSA) is 60.2 Å². The van der Waals surface area contributed by atoms with Crippen LogP contribution in [-0.4, -0.2) is 39.7 Å². The minimum absolute atomic E-state index is 0.0697. The third-order valence-corrected chi connectivity index (χ3v) is 4.35. The summed E-state index contributed by atoms with van der Waals surface area (Å²) < 4.78 is 7.18. The van der Waals surface area contributed by atoms with Gasteiger partial charge in [-0.15, -0.1) is 0 Å². The zero-order valence-corrected chi connectivity index (χ0v) is 15.4. The molecule has 0 aliphatic heterocycles. The van der Waals surface area contributed by atoms with E-state index in [4.69, 9.17) is 4.74 Å². The van der Waals surface area contributed by atoms with Gasteiger partial charge in [0, 0.05) is 42.3 Å². The van der Waals surface area contributed by atoms with E-state index in [1.165, 1.54) is 0 Å². The first-order chi connectivity index (χ1) is 12.5. The fourth-order valence-corrected chi connectivity index (χ4v) is 2.95. The van der Waals surface area contributed by atoms with Crippen LogP contribution in [0.5, 0.6) is 5.75 Å². The minimum Gasteiger partial charge on any atom is -0.496 e. The Bertz CT molecular complexity index is 920. The van der Waals surface area contributed by atoms with Crippen LogP contribution in [0.25, 0.3) is 5.69 Å². The van der Waals surface area contributed by atoms with Crippen molar-refractivity contribution in [2.24, 2.45) is 0 Å². The Kier molecular flexibility index (Phi) is 5.02. The van der Waals surface area contributed by atoms with Crippen LogP contribution >= 0.6 is 0 Å². The van der Waals surface area contributed by atoms with Crippen molar-refractivity contribution >= 4 is 5.91 Å². The van der Waals surface area contributed by atoms with Crippen LogP contribution in [0, 0.1) is 13.8 Å². The molecule has 1 aromatic carbocycles. The molecule has 3 aromatic rings. The van der Waals surface area contributed by atoms with Crippen molar-refractivity contribution in [2.45, 2.75) is 20.4 Å². The maximum atomic E-state index is 12.8. The Morgan fingerprint density at radius 3 is 2.77 bits per heavy atom. The van der Waals surface area contributed by atoms with Gasteiger partial charge in [-0.1, -0.05) is 6.07 Å². The second-order valence-electron chi connectivity index (χ2n) is 6.21. The van der Waals surface area contributed by atoms with E-state index in [0.717, 1.165) is 28.3 Å². The van der Waals surface area contributed by atoms with Crippen molar-refractivity contribution in [2.75, 3.05) is 14.2 Å². The van der Waals surface area contributed by atoms with Crippen LogP contribution in [0.1, 0.15) is 27.2 Å². The number of methoxy groups -OCH3 is 1. The molecule has 0 bridgehead atoms. The maximum absolute atomic E-state index is 12.8. The van der Waals surface area contributed by atoms with Crippen LogP contribution in [0.3, 0.4) is 0 Å². The van der Waals surface area contributed by atoms with E-state index in [0.29, 0.717) is 12.1 Å². The van der Waals surface area contributed by atoms with Crippen LogP contribution in [-0.2, 0) is 6.54 Å². The van der Waals surface area contributed by atoms with E-state index in [1.54, 1.807) is 36.1 Å². The van der Waals surface area contributed by atoms with Crippen LogP contribution in [0.2, 0.25) is 0 Å². The van der Waals surface area contributed by atoms with E-state index < -0.39 is 0 Å². The van der Waals surface area contributed by atoms with Gasteiger partial charge in [0.25, 0.3) is 5.91 Å². The summed E-state index contributed by atoms with van der Waals surface area (Å²) in [5, 5.41) is 4.21. The molecule has 0 spiro atoms. The van der Waals surface area contributed by atoms with Crippen LogP contribution in [0.4, 0.5) is 0 Å².